The molecule has 0 saturated carbocycles. The van der Waals surface area contributed by atoms with E-state index in [-0.39, 0.29) is 5.97 Å². The van der Waals surface area contributed by atoms with E-state index in [0.29, 0.717) is 5.92 Å². The summed E-state index contributed by atoms with van der Waals surface area (Å²) in [6.07, 6.45) is 0.795. The summed E-state index contributed by atoms with van der Waals surface area (Å²) in [7, 11) is 1.44. The lowest BCUT2D eigenvalue weighted by atomic mass is 9.81. The molecule has 0 aliphatic heterocycles. The third-order valence-corrected chi connectivity index (χ3v) is 2.92. The minimum atomic E-state index is -0.427. The molecule has 2 nitrogen and oxygen atoms in total. The number of benzene rings is 1. The van der Waals surface area contributed by atoms with Crippen molar-refractivity contribution >= 4 is 5.97 Å². The van der Waals surface area contributed by atoms with Gasteiger partial charge in [-0.15, -0.1) is 0 Å². The van der Waals surface area contributed by atoms with Crippen molar-refractivity contribution in [3.05, 3.63) is 35.9 Å². The molecule has 0 heterocycles. The number of methoxy groups -OCH3 is 1. The van der Waals surface area contributed by atoms with E-state index in [2.05, 4.69) is 19.1 Å². The van der Waals surface area contributed by atoms with Gasteiger partial charge >= 0.3 is 5.97 Å². The van der Waals surface area contributed by atoms with Gasteiger partial charge in [-0.05, 0) is 31.7 Å². The van der Waals surface area contributed by atoms with Crippen LogP contribution in [0.5, 0.6) is 0 Å². The second kappa shape index (κ2) is 5.15. The van der Waals surface area contributed by atoms with Crippen molar-refractivity contribution in [2.75, 3.05) is 7.11 Å². The quantitative estimate of drug-likeness (QED) is 0.727. The average Bonchev–Trinajstić information content (AvgIpc) is 2.28. The molecule has 0 N–H and O–H groups in total. The highest BCUT2D eigenvalue weighted by atomic mass is 16.5. The lowest BCUT2D eigenvalue weighted by Crippen LogP contribution is -2.27. The first kappa shape index (κ1) is 12.8. The first-order chi connectivity index (χ1) is 7.47. The van der Waals surface area contributed by atoms with E-state index in [1.165, 1.54) is 12.7 Å². The van der Waals surface area contributed by atoms with Crippen LogP contribution in [-0.4, -0.2) is 13.1 Å². The number of esters is 1. The van der Waals surface area contributed by atoms with Gasteiger partial charge < -0.3 is 4.74 Å². The molecule has 1 aromatic rings. The van der Waals surface area contributed by atoms with E-state index in [0.717, 1.165) is 6.42 Å². The van der Waals surface area contributed by atoms with Crippen molar-refractivity contribution in [3.8, 4) is 0 Å². The van der Waals surface area contributed by atoms with Gasteiger partial charge in [0.25, 0.3) is 0 Å². The van der Waals surface area contributed by atoms with Crippen LogP contribution in [0.4, 0.5) is 0 Å². The molecule has 1 unspecified atom stereocenters. The summed E-state index contributed by atoms with van der Waals surface area (Å²) in [5.41, 5.74) is 0.837. The third-order valence-electron chi connectivity index (χ3n) is 2.92. The lowest BCUT2D eigenvalue weighted by Gasteiger charge is -2.25. The van der Waals surface area contributed by atoms with E-state index in [1.807, 2.05) is 32.0 Å². The first-order valence-corrected chi connectivity index (χ1v) is 5.61. The van der Waals surface area contributed by atoms with Crippen LogP contribution in [0.25, 0.3) is 0 Å². The summed E-state index contributed by atoms with van der Waals surface area (Å²) in [6, 6.07) is 10.2. The van der Waals surface area contributed by atoms with Crippen LogP contribution in [0.1, 0.15) is 38.7 Å². The zero-order valence-electron chi connectivity index (χ0n) is 10.5. The zero-order chi connectivity index (χ0) is 12.2. The topological polar surface area (TPSA) is 26.3 Å². The number of hydrogen-bond donors (Lipinski definition) is 0. The first-order valence-electron chi connectivity index (χ1n) is 5.61. The molecule has 0 fully saturated rings. The van der Waals surface area contributed by atoms with Crippen molar-refractivity contribution in [2.45, 2.75) is 33.1 Å². The summed E-state index contributed by atoms with van der Waals surface area (Å²) in [5.74, 6) is 0.214. The molecule has 0 radical (unpaired) electrons. The van der Waals surface area contributed by atoms with Crippen molar-refractivity contribution < 1.29 is 9.53 Å². The molecular weight excluding hydrogens is 200 g/mol. The number of ether oxygens (including phenoxy) is 1. The minimum Gasteiger partial charge on any atom is -0.469 e. The summed E-state index contributed by atoms with van der Waals surface area (Å²) in [5, 5.41) is 0. The third kappa shape index (κ3) is 3.09. The Morgan fingerprint density at radius 3 is 2.38 bits per heavy atom. The molecule has 0 spiro atoms. The van der Waals surface area contributed by atoms with Gasteiger partial charge in [-0.2, -0.15) is 0 Å². The molecule has 1 atom stereocenters. The number of hydrogen-bond acceptors (Lipinski definition) is 2. The highest BCUT2D eigenvalue weighted by Crippen LogP contribution is 2.32. The van der Waals surface area contributed by atoms with Crippen molar-refractivity contribution in [3.63, 3.8) is 0 Å². The maximum Gasteiger partial charge on any atom is 0.311 e. The SMILES string of the molecule is COC(=O)C(C)(C)CC(C)c1ccccc1. The van der Waals surface area contributed by atoms with Crippen LogP contribution in [0, 0.1) is 5.41 Å². The van der Waals surface area contributed by atoms with Crippen LogP contribution >= 0.6 is 0 Å². The molecule has 16 heavy (non-hydrogen) atoms. The smallest absolute Gasteiger partial charge is 0.311 e. The number of rotatable bonds is 4. The predicted molar refractivity (Wildman–Crippen MR) is 65.3 cm³/mol. The normalized spacial score (nSPS) is 13.2. The molecule has 0 aliphatic rings. The minimum absolute atomic E-state index is 0.143. The van der Waals surface area contributed by atoms with Gasteiger partial charge in [-0.25, -0.2) is 0 Å². The molecule has 0 bridgehead atoms. The van der Waals surface area contributed by atoms with Gasteiger partial charge in [0.05, 0.1) is 12.5 Å². The van der Waals surface area contributed by atoms with Crippen LogP contribution < -0.4 is 0 Å². The van der Waals surface area contributed by atoms with Gasteiger partial charge in [-0.1, -0.05) is 37.3 Å². The maximum atomic E-state index is 11.6. The summed E-state index contributed by atoms with van der Waals surface area (Å²) < 4.78 is 4.81. The summed E-state index contributed by atoms with van der Waals surface area (Å²) in [6.45, 7) is 6.00. The fraction of sp³-hybridized carbons (Fsp3) is 0.500. The van der Waals surface area contributed by atoms with Gasteiger partial charge in [0.1, 0.15) is 0 Å². The molecular formula is C14H20O2. The molecule has 1 aromatic carbocycles. The van der Waals surface area contributed by atoms with Crippen LogP contribution in [0.15, 0.2) is 30.3 Å². The Bertz CT molecular complexity index is 341. The van der Waals surface area contributed by atoms with Crippen LogP contribution in [0.2, 0.25) is 0 Å². The maximum absolute atomic E-state index is 11.6. The molecule has 1 rings (SSSR count). The monoisotopic (exact) mass is 220 g/mol. The second-order valence-corrected chi connectivity index (χ2v) is 4.89. The predicted octanol–water partition coefficient (Wildman–Crippen LogP) is 3.38. The van der Waals surface area contributed by atoms with Gasteiger partial charge in [0.15, 0.2) is 0 Å². The average molecular weight is 220 g/mol. The highest BCUT2D eigenvalue weighted by molar-refractivity contribution is 5.75. The van der Waals surface area contributed by atoms with Crippen molar-refractivity contribution in [1.82, 2.24) is 0 Å². The molecule has 0 aromatic heterocycles. The number of carbonyl (C=O) groups is 1. The molecule has 0 saturated heterocycles. The Labute approximate surface area is 97.6 Å². The van der Waals surface area contributed by atoms with E-state index in [4.69, 9.17) is 4.74 Å². The van der Waals surface area contributed by atoms with E-state index in [9.17, 15) is 4.79 Å². The fourth-order valence-corrected chi connectivity index (χ4v) is 2.02. The van der Waals surface area contributed by atoms with Crippen LogP contribution in [0.3, 0.4) is 0 Å². The number of carbonyl (C=O) groups excluding carboxylic acids is 1. The zero-order valence-corrected chi connectivity index (χ0v) is 10.5. The Hall–Kier alpha value is -1.31. The standard InChI is InChI=1S/C14H20O2/c1-11(12-8-6-5-7-9-12)10-14(2,3)13(15)16-4/h5-9,11H,10H2,1-4H3. The lowest BCUT2D eigenvalue weighted by molar-refractivity contribution is -0.151. The highest BCUT2D eigenvalue weighted by Gasteiger charge is 2.30. The molecule has 0 aliphatic carbocycles. The summed E-state index contributed by atoms with van der Waals surface area (Å²) >= 11 is 0. The molecule has 0 amide bonds. The summed E-state index contributed by atoms with van der Waals surface area (Å²) in [4.78, 5) is 11.6. The largest absolute Gasteiger partial charge is 0.469 e. The Kier molecular flexibility index (Phi) is 4.11. The molecule has 88 valence electrons. The Morgan fingerprint density at radius 2 is 1.88 bits per heavy atom. The van der Waals surface area contributed by atoms with Gasteiger partial charge in [-0.3, -0.25) is 4.79 Å². The molecule has 2 heteroatoms. The van der Waals surface area contributed by atoms with Crippen LogP contribution in [-0.2, 0) is 9.53 Å². The van der Waals surface area contributed by atoms with E-state index < -0.39 is 5.41 Å². The van der Waals surface area contributed by atoms with Crippen molar-refractivity contribution in [2.24, 2.45) is 5.41 Å². The van der Waals surface area contributed by atoms with E-state index >= 15 is 0 Å². The Morgan fingerprint density at radius 1 is 1.31 bits per heavy atom. The van der Waals surface area contributed by atoms with E-state index in [1.54, 1.807) is 0 Å². The van der Waals surface area contributed by atoms with Crippen molar-refractivity contribution in [1.29, 1.82) is 0 Å². The second-order valence-electron chi connectivity index (χ2n) is 4.89. The van der Waals surface area contributed by atoms with Gasteiger partial charge in [0, 0.05) is 0 Å². The fourth-order valence-electron chi connectivity index (χ4n) is 2.02. The Balaban J connectivity index is 2.71. The van der Waals surface area contributed by atoms with Gasteiger partial charge in [0.2, 0.25) is 0 Å².